The number of anilines is 6. The van der Waals surface area contributed by atoms with Crippen LogP contribution in [0.3, 0.4) is 0 Å². The molecule has 12 aromatic rings. The number of halogens is 2. The van der Waals surface area contributed by atoms with E-state index in [1.165, 1.54) is 0 Å². The van der Waals surface area contributed by atoms with Gasteiger partial charge in [-0.1, -0.05) is 186 Å². The minimum absolute atomic E-state index is 0.299. The molecule has 4 nitrogen and oxygen atoms in total. The number of para-hydroxylation sites is 3. The van der Waals surface area contributed by atoms with Crippen LogP contribution < -0.4 is 9.80 Å². The van der Waals surface area contributed by atoms with Gasteiger partial charge in [-0.2, -0.15) is 5.26 Å². The fourth-order valence-corrected chi connectivity index (χ4v) is 10.8. The van der Waals surface area contributed by atoms with Crippen molar-refractivity contribution in [3.8, 4) is 50.6 Å². The molecule has 0 bridgehead atoms. The molecule has 362 valence electrons. The number of rotatable bonds is 10. The second kappa shape index (κ2) is 19.2. The zero-order chi connectivity index (χ0) is 52.2. The molecule has 0 unspecified atom stereocenters. The molecule has 0 aliphatic rings. The lowest BCUT2D eigenvalue weighted by Crippen LogP contribution is -2.15. The fourth-order valence-electron chi connectivity index (χ4n) is 10.8. The van der Waals surface area contributed by atoms with Gasteiger partial charge in [-0.05, 0) is 137 Å². The molecular formula is C70H48F2N4. The number of hydrogen-bond acceptors (Lipinski definition) is 3. The summed E-state index contributed by atoms with van der Waals surface area (Å²) in [6.07, 6.45) is 0. The standard InChI is InChI=1S/C70H48F2N4/c1-43-14-22-47(23-15-43)54-38-58(49-26-18-45(3)19-27-49)69(60(71)40-54)75(63-12-8-6-10-53(63)42-73)64-36-32-51-31-35-57-65(37-33-52-30-34-56(64)67(51)68(52)57)76(66-13-9-7-11-62(66)74-5)70-59(50-28-20-46(4)21-29-50)39-55(41-61(70)72)48-24-16-44(2)17-25-48/h6-41H,1-4H3. The van der Waals surface area contributed by atoms with E-state index in [-0.39, 0.29) is 0 Å². The largest absolute Gasteiger partial charge is 0.317 e. The third-order valence-electron chi connectivity index (χ3n) is 14.7. The smallest absolute Gasteiger partial charge is 0.210 e. The van der Waals surface area contributed by atoms with E-state index in [9.17, 15) is 5.26 Å². The van der Waals surface area contributed by atoms with Gasteiger partial charge in [0.2, 0.25) is 5.69 Å². The van der Waals surface area contributed by atoms with Crippen LogP contribution in [0.4, 0.5) is 48.6 Å². The molecule has 0 aromatic heterocycles. The first kappa shape index (κ1) is 47.1. The van der Waals surface area contributed by atoms with E-state index in [2.05, 4.69) is 47.3 Å². The predicted octanol–water partition coefficient (Wildman–Crippen LogP) is 20.1. The molecule has 0 N–H and O–H groups in total. The van der Waals surface area contributed by atoms with Gasteiger partial charge in [0.25, 0.3) is 0 Å². The first-order chi connectivity index (χ1) is 37.1. The summed E-state index contributed by atoms with van der Waals surface area (Å²) in [5, 5.41) is 16.1. The minimum atomic E-state index is -0.455. The van der Waals surface area contributed by atoms with Crippen molar-refractivity contribution in [2.75, 3.05) is 9.80 Å². The van der Waals surface area contributed by atoms with E-state index in [1.54, 1.807) is 24.3 Å². The Morgan fingerprint density at radius 3 is 1.21 bits per heavy atom. The molecule has 76 heavy (non-hydrogen) atoms. The highest BCUT2D eigenvalue weighted by molar-refractivity contribution is 6.28. The molecule has 0 aliphatic carbocycles. The summed E-state index contributed by atoms with van der Waals surface area (Å²) in [6, 6.07) is 73.3. The molecule has 6 heteroatoms. The van der Waals surface area contributed by atoms with Gasteiger partial charge in [-0.3, -0.25) is 0 Å². The van der Waals surface area contributed by atoms with Gasteiger partial charge < -0.3 is 9.80 Å². The summed E-state index contributed by atoms with van der Waals surface area (Å²) in [7, 11) is 0. The Labute approximate surface area is 441 Å². The number of hydrogen-bond donors (Lipinski definition) is 0. The van der Waals surface area contributed by atoms with Crippen LogP contribution in [-0.2, 0) is 0 Å². The van der Waals surface area contributed by atoms with Crippen LogP contribution in [0.15, 0.2) is 218 Å². The van der Waals surface area contributed by atoms with Crippen LogP contribution in [-0.4, -0.2) is 0 Å². The maximum Gasteiger partial charge on any atom is 0.210 e. The van der Waals surface area contributed by atoms with Gasteiger partial charge in [-0.25, -0.2) is 13.6 Å². The Bertz CT molecular complexity index is 4020. The number of nitriles is 1. The van der Waals surface area contributed by atoms with E-state index in [1.807, 2.05) is 195 Å². The van der Waals surface area contributed by atoms with Crippen molar-refractivity contribution in [2.45, 2.75) is 27.7 Å². The summed E-state index contributed by atoms with van der Waals surface area (Å²) < 4.78 is 36.0. The van der Waals surface area contributed by atoms with Crippen molar-refractivity contribution < 1.29 is 8.78 Å². The van der Waals surface area contributed by atoms with Crippen LogP contribution >= 0.6 is 0 Å². The molecular weight excluding hydrogens is 935 g/mol. The number of aryl methyl sites for hydroxylation is 4. The van der Waals surface area contributed by atoms with Crippen molar-refractivity contribution in [2.24, 2.45) is 0 Å². The lowest BCUT2D eigenvalue weighted by Gasteiger charge is -2.32. The average molecular weight is 983 g/mol. The Hall–Kier alpha value is -9.88. The third kappa shape index (κ3) is 8.24. The third-order valence-corrected chi connectivity index (χ3v) is 14.7. The van der Waals surface area contributed by atoms with E-state index in [0.29, 0.717) is 56.5 Å². The summed E-state index contributed by atoms with van der Waals surface area (Å²) in [4.78, 5) is 7.84. The lowest BCUT2D eigenvalue weighted by molar-refractivity contribution is 0.629. The summed E-state index contributed by atoms with van der Waals surface area (Å²) in [6.45, 7) is 16.6. The van der Waals surface area contributed by atoms with Crippen LogP contribution in [0.1, 0.15) is 27.8 Å². The van der Waals surface area contributed by atoms with Gasteiger partial charge in [0, 0.05) is 21.9 Å². The normalized spacial score (nSPS) is 11.3. The molecule has 0 amide bonds. The highest BCUT2D eigenvalue weighted by Gasteiger charge is 2.30. The second-order valence-electron chi connectivity index (χ2n) is 19.7. The first-order valence-corrected chi connectivity index (χ1v) is 25.3. The van der Waals surface area contributed by atoms with Gasteiger partial charge in [-0.15, -0.1) is 0 Å². The van der Waals surface area contributed by atoms with Crippen molar-refractivity contribution in [1.29, 1.82) is 5.26 Å². The predicted molar refractivity (Wildman–Crippen MR) is 311 cm³/mol. The van der Waals surface area contributed by atoms with Crippen LogP contribution in [0.5, 0.6) is 0 Å². The van der Waals surface area contributed by atoms with E-state index < -0.39 is 11.6 Å². The minimum Gasteiger partial charge on any atom is -0.317 e. The Morgan fingerprint density at radius 1 is 0.395 bits per heavy atom. The quantitative estimate of drug-likeness (QED) is 0.101. The lowest BCUT2D eigenvalue weighted by atomic mass is 9.90. The Balaban J connectivity index is 1.14. The molecule has 0 saturated heterocycles. The zero-order valence-electron chi connectivity index (χ0n) is 42.3. The fraction of sp³-hybridized carbons (Fsp3) is 0.0571. The van der Waals surface area contributed by atoms with Crippen molar-refractivity contribution in [3.05, 3.63) is 269 Å². The van der Waals surface area contributed by atoms with Crippen molar-refractivity contribution in [1.82, 2.24) is 0 Å². The van der Waals surface area contributed by atoms with Crippen LogP contribution in [0.25, 0.3) is 81.7 Å². The molecule has 12 aromatic carbocycles. The van der Waals surface area contributed by atoms with Gasteiger partial charge in [0.15, 0.2) is 0 Å². The molecule has 0 spiro atoms. The Morgan fingerprint density at radius 2 is 0.776 bits per heavy atom. The van der Waals surface area contributed by atoms with E-state index in [4.69, 9.17) is 6.57 Å². The van der Waals surface area contributed by atoms with E-state index >= 15 is 8.78 Å². The molecule has 0 heterocycles. The summed E-state index contributed by atoms with van der Waals surface area (Å²) in [5.74, 6) is -0.906. The number of nitrogens with zero attached hydrogens (tertiary/aromatic N) is 4. The van der Waals surface area contributed by atoms with Crippen LogP contribution in [0.2, 0.25) is 0 Å². The zero-order valence-corrected chi connectivity index (χ0v) is 42.3. The average Bonchev–Trinajstić information content (AvgIpc) is 3.60. The van der Waals surface area contributed by atoms with Crippen molar-refractivity contribution in [3.63, 3.8) is 0 Å². The molecule has 0 saturated carbocycles. The monoisotopic (exact) mass is 982 g/mol. The number of benzene rings is 12. The Kier molecular flexibility index (Phi) is 11.9. The van der Waals surface area contributed by atoms with E-state index in [0.717, 1.165) is 88.0 Å². The molecule has 0 fully saturated rings. The van der Waals surface area contributed by atoms with Gasteiger partial charge in [0.1, 0.15) is 17.7 Å². The molecule has 12 rings (SSSR count). The maximum atomic E-state index is 18.0. The topological polar surface area (TPSA) is 34.6 Å². The highest BCUT2D eigenvalue weighted by atomic mass is 19.1. The SMILES string of the molecule is [C-]#[N+]c1ccccc1N(c1c(F)cc(-c2ccc(C)cc2)cc1-c1ccc(C)cc1)c1ccc2ccc3c(N(c4ccccc4C#N)c4c(F)cc(-c5ccc(C)cc5)cc4-c4ccc(C)cc4)ccc4ccc1c2c43. The summed E-state index contributed by atoms with van der Waals surface area (Å²) >= 11 is 0. The first-order valence-electron chi connectivity index (χ1n) is 25.3. The molecule has 0 atom stereocenters. The molecule has 0 aliphatic heterocycles. The van der Waals surface area contributed by atoms with Crippen LogP contribution in [0, 0.1) is 57.2 Å². The van der Waals surface area contributed by atoms with Gasteiger partial charge in [0.05, 0.1) is 46.3 Å². The highest BCUT2D eigenvalue weighted by Crippen LogP contribution is 2.53. The second-order valence-corrected chi connectivity index (χ2v) is 19.7. The van der Waals surface area contributed by atoms with Gasteiger partial charge >= 0.3 is 0 Å². The maximum absolute atomic E-state index is 18.0. The van der Waals surface area contributed by atoms with Crippen molar-refractivity contribution >= 4 is 72.1 Å². The summed E-state index contributed by atoms with van der Waals surface area (Å²) in [5.41, 5.74) is 14.3. The molecule has 0 radical (unpaired) electrons.